The van der Waals surface area contributed by atoms with Gasteiger partial charge >= 0.3 is 5.97 Å². The predicted molar refractivity (Wildman–Crippen MR) is 69.1 cm³/mol. The van der Waals surface area contributed by atoms with Crippen LogP contribution in [0.15, 0.2) is 30.3 Å². The fourth-order valence-electron chi connectivity index (χ4n) is 1.59. The standard InChI is InChI=1S/C14H21NO2/c1-4-13(15-11(2)3)10-17-14(16)12-8-6-5-7-9-12/h5-9,11,13,15H,4,10H2,1-3H3. The molecule has 0 aliphatic rings. The Morgan fingerprint density at radius 3 is 2.47 bits per heavy atom. The molecule has 0 bridgehead atoms. The molecule has 0 spiro atoms. The molecule has 1 unspecified atom stereocenters. The van der Waals surface area contributed by atoms with E-state index in [4.69, 9.17) is 4.74 Å². The smallest absolute Gasteiger partial charge is 0.338 e. The molecule has 0 aromatic heterocycles. The highest BCUT2D eigenvalue weighted by Crippen LogP contribution is 2.03. The third kappa shape index (κ3) is 5.00. The van der Waals surface area contributed by atoms with Crippen LogP contribution in [0.5, 0.6) is 0 Å². The van der Waals surface area contributed by atoms with E-state index >= 15 is 0 Å². The molecule has 0 aliphatic heterocycles. The van der Waals surface area contributed by atoms with E-state index in [-0.39, 0.29) is 12.0 Å². The summed E-state index contributed by atoms with van der Waals surface area (Å²) in [4.78, 5) is 11.7. The molecule has 1 atom stereocenters. The second-order valence-corrected chi connectivity index (χ2v) is 4.39. The van der Waals surface area contributed by atoms with Crippen LogP contribution in [-0.4, -0.2) is 24.7 Å². The Morgan fingerprint density at radius 1 is 1.29 bits per heavy atom. The maximum atomic E-state index is 11.7. The molecule has 0 saturated heterocycles. The van der Waals surface area contributed by atoms with E-state index in [1.807, 2.05) is 18.2 Å². The Balaban J connectivity index is 2.42. The highest BCUT2D eigenvalue weighted by Gasteiger charge is 2.11. The summed E-state index contributed by atoms with van der Waals surface area (Å²) < 4.78 is 5.28. The summed E-state index contributed by atoms with van der Waals surface area (Å²) in [6, 6.07) is 9.70. The van der Waals surface area contributed by atoms with Gasteiger partial charge < -0.3 is 10.1 Å². The molecule has 1 rings (SSSR count). The number of nitrogens with one attached hydrogen (secondary N) is 1. The van der Waals surface area contributed by atoms with E-state index in [9.17, 15) is 4.79 Å². The molecule has 1 N–H and O–H groups in total. The Kier molecular flexibility index (Phi) is 5.70. The number of rotatable bonds is 6. The molecule has 0 amide bonds. The molecule has 1 aromatic rings. The quantitative estimate of drug-likeness (QED) is 0.770. The third-order valence-electron chi connectivity index (χ3n) is 2.49. The minimum Gasteiger partial charge on any atom is -0.460 e. The average Bonchev–Trinajstić information content (AvgIpc) is 2.34. The van der Waals surface area contributed by atoms with Gasteiger partial charge in [-0.3, -0.25) is 0 Å². The van der Waals surface area contributed by atoms with Crippen LogP contribution >= 0.6 is 0 Å². The van der Waals surface area contributed by atoms with Gasteiger partial charge in [0.05, 0.1) is 5.56 Å². The number of benzene rings is 1. The number of ether oxygens (including phenoxy) is 1. The number of carbonyl (C=O) groups excluding carboxylic acids is 1. The van der Waals surface area contributed by atoms with Crippen molar-refractivity contribution in [2.75, 3.05) is 6.61 Å². The van der Waals surface area contributed by atoms with Crippen molar-refractivity contribution in [3.63, 3.8) is 0 Å². The van der Waals surface area contributed by atoms with Gasteiger partial charge in [0.15, 0.2) is 0 Å². The molecule has 0 radical (unpaired) electrons. The van der Waals surface area contributed by atoms with E-state index in [1.54, 1.807) is 12.1 Å². The van der Waals surface area contributed by atoms with Crippen LogP contribution in [-0.2, 0) is 4.74 Å². The first-order chi connectivity index (χ1) is 8.13. The number of hydrogen-bond donors (Lipinski definition) is 1. The van der Waals surface area contributed by atoms with Crippen molar-refractivity contribution >= 4 is 5.97 Å². The van der Waals surface area contributed by atoms with Crippen LogP contribution in [0.4, 0.5) is 0 Å². The summed E-state index contributed by atoms with van der Waals surface area (Å²) >= 11 is 0. The van der Waals surface area contributed by atoms with Crippen LogP contribution < -0.4 is 5.32 Å². The summed E-state index contributed by atoms with van der Waals surface area (Å²) in [6.45, 7) is 6.67. The molecule has 0 fully saturated rings. The van der Waals surface area contributed by atoms with E-state index in [1.165, 1.54) is 0 Å². The summed E-state index contributed by atoms with van der Waals surface area (Å²) in [5, 5.41) is 3.36. The molecular weight excluding hydrogens is 214 g/mol. The highest BCUT2D eigenvalue weighted by atomic mass is 16.5. The lowest BCUT2D eigenvalue weighted by Crippen LogP contribution is -2.38. The van der Waals surface area contributed by atoms with Crippen LogP contribution in [0.2, 0.25) is 0 Å². The van der Waals surface area contributed by atoms with Gasteiger partial charge in [0, 0.05) is 12.1 Å². The number of esters is 1. The van der Waals surface area contributed by atoms with Crippen molar-refractivity contribution in [2.45, 2.75) is 39.3 Å². The van der Waals surface area contributed by atoms with Crippen LogP contribution in [0, 0.1) is 0 Å². The van der Waals surface area contributed by atoms with E-state index in [2.05, 4.69) is 26.1 Å². The second-order valence-electron chi connectivity index (χ2n) is 4.39. The molecule has 3 heteroatoms. The van der Waals surface area contributed by atoms with Gasteiger partial charge in [0.1, 0.15) is 6.61 Å². The first kappa shape index (κ1) is 13.7. The summed E-state index contributed by atoms with van der Waals surface area (Å²) in [7, 11) is 0. The minimum atomic E-state index is -0.255. The van der Waals surface area contributed by atoms with E-state index in [0.717, 1.165) is 6.42 Å². The van der Waals surface area contributed by atoms with E-state index < -0.39 is 0 Å². The normalized spacial score (nSPS) is 12.5. The molecule has 0 saturated carbocycles. The monoisotopic (exact) mass is 235 g/mol. The van der Waals surface area contributed by atoms with Gasteiger partial charge in [-0.05, 0) is 18.6 Å². The summed E-state index contributed by atoms with van der Waals surface area (Å²) in [5.41, 5.74) is 0.604. The summed E-state index contributed by atoms with van der Waals surface area (Å²) in [6.07, 6.45) is 0.945. The van der Waals surface area contributed by atoms with Gasteiger partial charge in [-0.15, -0.1) is 0 Å². The van der Waals surface area contributed by atoms with Crippen molar-refractivity contribution in [3.05, 3.63) is 35.9 Å². The Morgan fingerprint density at radius 2 is 1.94 bits per heavy atom. The molecule has 0 heterocycles. The van der Waals surface area contributed by atoms with Gasteiger partial charge in [-0.1, -0.05) is 39.0 Å². The van der Waals surface area contributed by atoms with Crippen molar-refractivity contribution in [1.29, 1.82) is 0 Å². The lowest BCUT2D eigenvalue weighted by atomic mass is 10.2. The Hall–Kier alpha value is -1.35. The van der Waals surface area contributed by atoms with Crippen LogP contribution in [0.1, 0.15) is 37.6 Å². The highest BCUT2D eigenvalue weighted by molar-refractivity contribution is 5.89. The van der Waals surface area contributed by atoms with Gasteiger partial charge in [0.2, 0.25) is 0 Å². The maximum Gasteiger partial charge on any atom is 0.338 e. The topological polar surface area (TPSA) is 38.3 Å². The maximum absolute atomic E-state index is 11.7. The van der Waals surface area contributed by atoms with Crippen molar-refractivity contribution in [1.82, 2.24) is 5.32 Å². The molecule has 3 nitrogen and oxygen atoms in total. The van der Waals surface area contributed by atoms with Crippen LogP contribution in [0.3, 0.4) is 0 Å². The molecular formula is C14H21NO2. The Labute approximate surface area is 103 Å². The van der Waals surface area contributed by atoms with Gasteiger partial charge in [-0.25, -0.2) is 4.79 Å². The average molecular weight is 235 g/mol. The zero-order chi connectivity index (χ0) is 12.7. The number of carbonyl (C=O) groups is 1. The third-order valence-corrected chi connectivity index (χ3v) is 2.49. The molecule has 0 aliphatic carbocycles. The predicted octanol–water partition coefficient (Wildman–Crippen LogP) is 2.62. The second kappa shape index (κ2) is 7.07. The first-order valence-corrected chi connectivity index (χ1v) is 6.11. The fraction of sp³-hybridized carbons (Fsp3) is 0.500. The number of hydrogen-bond acceptors (Lipinski definition) is 3. The van der Waals surface area contributed by atoms with Gasteiger partial charge in [-0.2, -0.15) is 0 Å². The molecule has 17 heavy (non-hydrogen) atoms. The first-order valence-electron chi connectivity index (χ1n) is 6.11. The summed E-state index contributed by atoms with van der Waals surface area (Å²) in [5.74, 6) is -0.255. The minimum absolute atomic E-state index is 0.225. The fourth-order valence-corrected chi connectivity index (χ4v) is 1.59. The molecule has 1 aromatic carbocycles. The Bertz CT molecular complexity index is 335. The van der Waals surface area contributed by atoms with Crippen molar-refractivity contribution in [3.8, 4) is 0 Å². The zero-order valence-electron chi connectivity index (χ0n) is 10.8. The van der Waals surface area contributed by atoms with Crippen molar-refractivity contribution in [2.24, 2.45) is 0 Å². The van der Waals surface area contributed by atoms with Gasteiger partial charge in [0.25, 0.3) is 0 Å². The zero-order valence-corrected chi connectivity index (χ0v) is 10.8. The SMILES string of the molecule is CCC(COC(=O)c1ccccc1)NC(C)C. The van der Waals surface area contributed by atoms with Crippen LogP contribution in [0.25, 0.3) is 0 Å². The lowest BCUT2D eigenvalue weighted by Gasteiger charge is -2.19. The largest absolute Gasteiger partial charge is 0.460 e. The van der Waals surface area contributed by atoms with E-state index in [0.29, 0.717) is 18.2 Å². The molecule has 94 valence electrons. The van der Waals surface area contributed by atoms with Crippen molar-refractivity contribution < 1.29 is 9.53 Å². The lowest BCUT2D eigenvalue weighted by molar-refractivity contribution is 0.0458.